The number of hydrogen-bond acceptors (Lipinski definition) is 3. The average molecular weight is 400 g/mol. The topological polar surface area (TPSA) is 38.1 Å². The predicted molar refractivity (Wildman–Crippen MR) is 119 cm³/mol. The van der Waals surface area contributed by atoms with Crippen molar-refractivity contribution in [1.29, 1.82) is 0 Å². The highest BCUT2D eigenvalue weighted by Crippen LogP contribution is 2.26. The van der Waals surface area contributed by atoms with Gasteiger partial charge in [0.2, 0.25) is 5.91 Å². The van der Waals surface area contributed by atoms with Crippen LogP contribution in [0.3, 0.4) is 0 Å². The summed E-state index contributed by atoms with van der Waals surface area (Å²) in [7, 11) is 0. The van der Waals surface area contributed by atoms with Crippen LogP contribution in [-0.4, -0.2) is 32.7 Å². The molecule has 3 rings (SSSR count). The molecule has 1 aliphatic rings. The summed E-state index contributed by atoms with van der Waals surface area (Å²) in [5.41, 5.74) is 3.63. The molecule has 0 aliphatic carbocycles. The quantitative estimate of drug-likeness (QED) is 0.520. The smallest absolute Gasteiger partial charge is 0.223 e. The van der Waals surface area contributed by atoms with Gasteiger partial charge in [-0.15, -0.1) is 11.8 Å². The van der Waals surface area contributed by atoms with Crippen molar-refractivity contribution in [3.05, 3.63) is 41.1 Å². The van der Waals surface area contributed by atoms with E-state index in [9.17, 15) is 4.79 Å². The molecule has 0 unspecified atom stereocenters. The van der Waals surface area contributed by atoms with Gasteiger partial charge in [0.25, 0.3) is 0 Å². The molecule has 2 aromatic rings. The lowest BCUT2D eigenvalue weighted by molar-refractivity contribution is -0.132. The lowest BCUT2D eigenvalue weighted by atomic mass is 10.1. The van der Waals surface area contributed by atoms with Crippen molar-refractivity contribution < 1.29 is 4.79 Å². The molecular weight excluding hydrogens is 366 g/mol. The molecule has 0 atom stereocenters. The number of imidazole rings is 1. The minimum atomic E-state index is 0.251. The number of benzene rings is 1. The maximum atomic E-state index is 13.0. The molecule has 1 amide bonds. The van der Waals surface area contributed by atoms with Crippen LogP contribution >= 0.6 is 11.8 Å². The van der Waals surface area contributed by atoms with E-state index in [0.29, 0.717) is 18.9 Å². The molecule has 0 saturated heterocycles. The summed E-state index contributed by atoms with van der Waals surface area (Å²) >= 11 is 1.87. The Bertz CT molecular complexity index is 824. The van der Waals surface area contributed by atoms with E-state index >= 15 is 0 Å². The Labute approximate surface area is 173 Å². The summed E-state index contributed by atoms with van der Waals surface area (Å²) < 4.78 is 2.32. The summed E-state index contributed by atoms with van der Waals surface area (Å²) in [6, 6.07) is 8.31. The number of thioether (sulfide) groups is 1. The lowest BCUT2D eigenvalue weighted by Gasteiger charge is -2.25. The van der Waals surface area contributed by atoms with Gasteiger partial charge in [0.05, 0.1) is 17.6 Å². The Hall–Kier alpha value is -1.75. The number of allylic oxidation sites excluding steroid dienone is 1. The number of carbonyl (C=O) groups excluding carboxylic acids is 1. The largest absolute Gasteiger partial charge is 0.335 e. The minimum Gasteiger partial charge on any atom is -0.335 e. The molecule has 1 aromatic carbocycles. The fraction of sp³-hybridized carbons (Fsp3) is 0.565. The number of nitrogens with zero attached hydrogens (tertiary/aromatic N) is 3. The molecule has 0 radical (unpaired) electrons. The van der Waals surface area contributed by atoms with Crippen LogP contribution < -0.4 is 0 Å². The Morgan fingerprint density at radius 2 is 2.14 bits per heavy atom. The number of aryl methyl sites for hydroxylation is 1. The fourth-order valence-corrected chi connectivity index (χ4v) is 4.68. The van der Waals surface area contributed by atoms with E-state index in [0.717, 1.165) is 50.1 Å². The normalized spacial score (nSPS) is 14.1. The van der Waals surface area contributed by atoms with E-state index in [2.05, 4.69) is 48.9 Å². The average Bonchev–Trinajstić information content (AvgIpc) is 3.31. The Kier molecular flexibility index (Phi) is 7.60. The van der Waals surface area contributed by atoms with E-state index in [1.165, 1.54) is 16.8 Å². The minimum absolute atomic E-state index is 0.251. The number of para-hydroxylation sites is 2. The molecule has 0 saturated carbocycles. The highest BCUT2D eigenvalue weighted by molar-refractivity contribution is 8.02. The maximum Gasteiger partial charge on any atom is 0.223 e. The number of rotatable bonds is 10. The monoisotopic (exact) mass is 399 g/mol. The highest BCUT2D eigenvalue weighted by Gasteiger charge is 2.20. The number of unbranched alkanes of at least 4 members (excludes halogenated alkanes) is 1. The number of fused-ring (bicyclic) bond motifs is 1. The maximum absolute atomic E-state index is 13.0. The van der Waals surface area contributed by atoms with Gasteiger partial charge in [-0.05, 0) is 42.7 Å². The molecule has 28 heavy (non-hydrogen) atoms. The number of carbonyl (C=O) groups is 1. The van der Waals surface area contributed by atoms with Gasteiger partial charge >= 0.3 is 0 Å². The second-order valence-corrected chi connectivity index (χ2v) is 9.06. The molecule has 0 spiro atoms. The number of hydrogen-bond donors (Lipinski definition) is 0. The van der Waals surface area contributed by atoms with Crippen LogP contribution in [-0.2, 0) is 17.9 Å². The number of aromatic nitrogens is 2. The zero-order chi connectivity index (χ0) is 19.9. The Morgan fingerprint density at radius 1 is 1.32 bits per heavy atom. The van der Waals surface area contributed by atoms with Crippen molar-refractivity contribution in [3.8, 4) is 0 Å². The molecule has 1 aromatic heterocycles. The van der Waals surface area contributed by atoms with Crippen LogP contribution in [0.4, 0.5) is 0 Å². The predicted octanol–water partition coefficient (Wildman–Crippen LogP) is 5.62. The van der Waals surface area contributed by atoms with Gasteiger partial charge in [-0.2, -0.15) is 0 Å². The van der Waals surface area contributed by atoms with E-state index in [1.54, 1.807) is 0 Å². The molecule has 1 aliphatic heterocycles. The van der Waals surface area contributed by atoms with Gasteiger partial charge in [-0.3, -0.25) is 4.79 Å². The van der Waals surface area contributed by atoms with Crippen LogP contribution in [0.5, 0.6) is 0 Å². The fourth-order valence-electron chi connectivity index (χ4n) is 3.71. The zero-order valence-electron chi connectivity index (χ0n) is 17.5. The van der Waals surface area contributed by atoms with Crippen LogP contribution in [0.2, 0.25) is 0 Å². The van der Waals surface area contributed by atoms with Gasteiger partial charge in [0, 0.05) is 25.3 Å². The van der Waals surface area contributed by atoms with Crippen LogP contribution in [0.15, 0.2) is 35.2 Å². The van der Waals surface area contributed by atoms with Crippen molar-refractivity contribution in [3.63, 3.8) is 0 Å². The van der Waals surface area contributed by atoms with E-state index in [-0.39, 0.29) is 5.91 Å². The van der Waals surface area contributed by atoms with E-state index in [4.69, 9.17) is 4.98 Å². The third kappa shape index (κ3) is 5.40. The van der Waals surface area contributed by atoms with Crippen molar-refractivity contribution in [2.45, 2.75) is 66.0 Å². The molecule has 2 heterocycles. The second-order valence-electron chi connectivity index (χ2n) is 8.09. The van der Waals surface area contributed by atoms with Crippen molar-refractivity contribution in [1.82, 2.24) is 14.5 Å². The lowest BCUT2D eigenvalue weighted by Crippen LogP contribution is -2.34. The molecule has 0 fully saturated rings. The first-order valence-corrected chi connectivity index (χ1v) is 11.6. The van der Waals surface area contributed by atoms with Crippen LogP contribution in [0.1, 0.15) is 58.7 Å². The molecule has 0 N–H and O–H groups in total. The first-order valence-electron chi connectivity index (χ1n) is 10.6. The highest BCUT2D eigenvalue weighted by atomic mass is 32.2. The second kappa shape index (κ2) is 10.1. The third-order valence-corrected chi connectivity index (χ3v) is 6.13. The van der Waals surface area contributed by atoms with Gasteiger partial charge in [0.15, 0.2) is 0 Å². The Balaban J connectivity index is 1.78. The van der Waals surface area contributed by atoms with Crippen LogP contribution in [0, 0.1) is 5.92 Å². The standard InChI is InChI=1S/C23H33N3OS/c1-4-5-13-26-21-9-7-6-8-20(21)24-22(26)16-25(15-18(2)3)23(27)11-10-19-12-14-28-17-19/h6-9,17-18H,4-5,10-16H2,1-3H3. The molecule has 152 valence electrons. The Morgan fingerprint density at radius 3 is 2.86 bits per heavy atom. The summed E-state index contributed by atoms with van der Waals surface area (Å²) in [5, 5.41) is 2.24. The van der Waals surface area contributed by atoms with Gasteiger partial charge in [-0.1, -0.05) is 44.9 Å². The number of amides is 1. The van der Waals surface area contributed by atoms with Gasteiger partial charge in [0.1, 0.15) is 5.82 Å². The molecule has 0 bridgehead atoms. The third-order valence-electron chi connectivity index (χ3n) is 5.19. The van der Waals surface area contributed by atoms with Gasteiger partial charge < -0.3 is 9.47 Å². The van der Waals surface area contributed by atoms with E-state index in [1.807, 2.05) is 22.7 Å². The summed E-state index contributed by atoms with van der Waals surface area (Å²) in [6.45, 7) is 8.91. The van der Waals surface area contributed by atoms with Gasteiger partial charge in [-0.25, -0.2) is 4.98 Å². The molecule has 5 heteroatoms. The van der Waals surface area contributed by atoms with Crippen molar-refractivity contribution in [2.24, 2.45) is 5.92 Å². The first kappa shape index (κ1) is 21.0. The molecule has 4 nitrogen and oxygen atoms in total. The van der Waals surface area contributed by atoms with Crippen molar-refractivity contribution >= 4 is 28.7 Å². The first-order chi connectivity index (χ1) is 13.6. The summed E-state index contributed by atoms with van der Waals surface area (Å²) in [4.78, 5) is 19.9. The summed E-state index contributed by atoms with van der Waals surface area (Å²) in [5.74, 6) is 2.87. The van der Waals surface area contributed by atoms with Crippen molar-refractivity contribution in [2.75, 3.05) is 12.3 Å². The van der Waals surface area contributed by atoms with E-state index < -0.39 is 0 Å². The summed E-state index contributed by atoms with van der Waals surface area (Å²) in [6.07, 6.45) is 4.90. The molecular formula is C23H33N3OS. The zero-order valence-corrected chi connectivity index (χ0v) is 18.3. The van der Waals surface area contributed by atoms with Crippen LogP contribution in [0.25, 0.3) is 11.0 Å². The SMILES string of the molecule is CCCCn1c(CN(CC(C)C)C(=O)CCC2=CSCC2)nc2ccccc21.